The van der Waals surface area contributed by atoms with Gasteiger partial charge in [-0.25, -0.2) is 0 Å². The van der Waals surface area contributed by atoms with Crippen molar-refractivity contribution in [3.05, 3.63) is 65.2 Å². The summed E-state index contributed by atoms with van der Waals surface area (Å²) in [5.74, 6) is 1.60. The topological polar surface area (TPSA) is 47.6 Å². The van der Waals surface area contributed by atoms with E-state index < -0.39 is 0 Å². The van der Waals surface area contributed by atoms with E-state index in [1.165, 1.54) is 5.56 Å². The van der Waals surface area contributed by atoms with Gasteiger partial charge in [0.2, 0.25) is 5.91 Å². The summed E-state index contributed by atoms with van der Waals surface area (Å²) < 4.78 is 10.7. The number of rotatable bonds is 5. The van der Waals surface area contributed by atoms with Crippen LogP contribution in [0.1, 0.15) is 29.7 Å². The van der Waals surface area contributed by atoms with Gasteiger partial charge in [-0.15, -0.1) is 0 Å². The first-order chi connectivity index (χ1) is 11.7. The molecule has 1 N–H and O–H groups in total. The lowest BCUT2D eigenvalue weighted by Crippen LogP contribution is -2.24. The Morgan fingerprint density at radius 3 is 3.00 bits per heavy atom. The van der Waals surface area contributed by atoms with E-state index in [-0.39, 0.29) is 11.9 Å². The number of carbonyl (C=O) groups is 1. The third-order valence-corrected chi connectivity index (χ3v) is 4.09. The van der Waals surface area contributed by atoms with Crippen LogP contribution in [0.3, 0.4) is 0 Å². The molecule has 0 spiro atoms. The third kappa shape index (κ3) is 3.77. The molecule has 3 rings (SSSR count). The van der Waals surface area contributed by atoms with Gasteiger partial charge in [-0.1, -0.05) is 18.2 Å². The SMILES string of the molecule is COc1cccc(/C=C/C(=O)NC(C)c2ccc3c(c2)CCO3)c1. The van der Waals surface area contributed by atoms with Crippen molar-refractivity contribution in [1.29, 1.82) is 0 Å². The first-order valence-corrected chi connectivity index (χ1v) is 8.04. The highest BCUT2D eigenvalue weighted by Crippen LogP contribution is 2.28. The fourth-order valence-corrected chi connectivity index (χ4v) is 2.74. The van der Waals surface area contributed by atoms with Crippen LogP contribution >= 0.6 is 0 Å². The smallest absolute Gasteiger partial charge is 0.244 e. The molecule has 0 bridgehead atoms. The Bertz CT molecular complexity index is 767. The molecule has 124 valence electrons. The van der Waals surface area contributed by atoms with Crippen LogP contribution in [0.5, 0.6) is 11.5 Å². The molecule has 0 fully saturated rings. The molecule has 0 saturated heterocycles. The number of nitrogens with one attached hydrogen (secondary N) is 1. The molecular weight excluding hydrogens is 302 g/mol. The maximum atomic E-state index is 12.1. The zero-order valence-electron chi connectivity index (χ0n) is 13.9. The maximum Gasteiger partial charge on any atom is 0.244 e. The molecule has 2 aromatic rings. The summed E-state index contributed by atoms with van der Waals surface area (Å²) in [6, 6.07) is 13.6. The molecule has 1 aliphatic heterocycles. The number of hydrogen-bond donors (Lipinski definition) is 1. The average molecular weight is 323 g/mol. The highest BCUT2D eigenvalue weighted by Gasteiger charge is 2.15. The van der Waals surface area contributed by atoms with E-state index in [9.17, 15) is 4.79 Å². The lowest BCUT2D eigenvalue weighted by Gasteiger charge is -2.14. The van der Waals surface area contributed by atoms with Crippen molar-refractivity contribution in [2.45, 2.75) is 19.4 Å². The molecule has 1 heterocycles. The Morgan fingerprint density at radius 2 is 2.17 bits per heavy atom. The summed E-state index contributed by atoms with van der Waals surface area (Å²) in [7, 11) is 1.62. The quantitative estimate of drug-likeness (QED) is 0.857. The number of carbonyl (C=O) groups excluding carboxylic acids is 1. The third-order valence-electron chi connectivity index (χ3n) is 4.09. The molecule has 1 amide bonds. The van der Waals surface area contributed by atoms with E-state index >= 15 is 0 Å². The molecule has 1 aliphatic rings. The van der Waals surface area contributed by atoms with Gasteiger partial charge < -0.3 is 14.8 Å². The fraction of sp³-hybridized carbons (Fsp3) is 0.250. The van der Waals surface area contributed by atoms with Crippen LogP contribution in [0.25, 0.3) is 6.08 Å². The van der Waals surface area contributed by atoms with Crippen LogP contribution in [0.15, 0.2) is 48.5 Å². The van der Waals surface area contributed by atoms with E-state index in [1.54, 1.807) is 19.3 Å². The molecule has 0 saturated carbocycles. The number of amides is 1. The fourth-order valence-electron chi connectivity index (χ4n) is 2.74. The van der Waals surface area contributed by atoms with Crippen molar-refractivity contribution in [1.82, 2.24) is 5.32 Å². The molecule has 1 atom stereocenters. The number of hydrogen-bond acceptors (Lipinski definition) is 3. The summed E-state index contributed by atoms with van der Waals surface area (Å²) >= 11 is 0. The summed E-state index contributed by atoms with van der Waals surface area (Å²) in [4.78, 5) is 12.1. The molecule has 4 heteroatoms. The Labute approximate surface area is 142 Å². The normalized spacial score (nSPS) is 14.1. The van der Waals surface area contributed by atoms with Crippen LogP contribution in [-0.4, -0.2) is 19.6 Å². The Kier molecular flexibility index (Phi) is 4.85. The predicted octanol–water partition coefficient (Wildman–Crippen LogP) is 3.52. The van der Waals surface area contributed by atoms with Crippen molar-refractivity contribution in [3.63, 3.8) is 0 Å². The van der Waals surface area contributed by atoms with Crippen LogP contribution in [0.2, 0.25) is 0 Å². The van der Waals surface area contributed by atoms with Crippen molar-refractivity contribution in [2.75, 3.05) is 13.7 Å². The second-order valence-corrected chi connectivity index (χ2v) is 5.81. The monoisotopic (exact) mass is 323 g/mol. The minimum absolute atomic E-state index is 0.0571. The molecule has 0 aliphatic carbocycles. The second kappa shape index (κ2) is 7.21. The van der Waals surface area contributed by atoms with Gasteiger partial charge in [0.1, 0.15) is 11.5 Å². The van der Waals surface area contributed by atoms with Crippen molar-refractivity contribution < 1.29 is 14.3 Å². The number of ether oxygens (including phenoxy) is 2. The summed E-state index contributed by atoms with van der Waals surface area (Å²) in [6.07, 6.45) is 4.25. The highest BCUT2D eigenvalue weighted by molar-refractivity contribution is 5.92. The van der Waals surface area contributed by atoms with Crippen LogP contribution in [0.4, 0.5) is 0 Å². The van der Waals surface area contributed by atoms with E-state index in [0.29, 0.717) is 0 Å². The largest absolute Gasteiger partial charge is 0.497 e. The number of fused-ring (bicyclic) bond motifs is 1. The average Bonchev–Trinajstić information content (AvgIpc) is 3.07. The zero-order chi connectivity index (χ0) is 16.9. The Balaban J connectivity index is 1.62. The summed E-state index contributed by atoms with van der Waals surface area (Å²) in [6.45, 7) is 2.72. The van der Waals surface area contributed by atoms with Gasteiger partial charge >= 0.3 is 0 Å². The standard InChI is InChI=1S/C20H21NO3/c1-14(16-7-8-19-17(13-16)10-11-24-19)21-20(22)9-6-15-4-3-5-18(12-15)23-2/h3-9,12-14H,10-11H2,1-2H3,(H,21,22)/b9-6+. The first-order valence-electron chi connectivity index (χ1n) is 8.04. The zero-order valence-corrected chi connectivity index (χ0v) is 13.9. The molecule has 2 aromatic carbocycles. The van der Waals surface area contributed by atoms with E-state index in [4.69, 9.17) is 9.47 Å². The van der Waals surface area contributed by atoms with Gasteiger partial charge in [-0.3, -0.25) is 4.79 Å². The van der Waals surface area contributed by atoms with Crippen molar-refractivity contribution in [3.8, 4) is 11.5 Å². The number of methoxy groups -OCH3 is 1. The Hall–Kier alpha value is -2.75. The van der Waals surface area contributed by atoms with E-state index in [2.05, 4.69) is 11.4 Å². The molecule has 0 radical (unpaired) electrons. The second-order valence-electron chi connectivity index (χ2n) is 5.81. The van der Waals surface area contributed by atoms with Crippen LogP contribution < -0.4 is 14.8 Å². The molecular formula is C20H21NO3. The lowest BCUT2D eigenvalue weighted by molar-refractivity contribution is -0.117. The van der Waals surface area contributed by atoms with Gasteiger partial charge in [0.15, 0.2) is 0 Å². The molecule has 1 unspecified atom stereocenters. The van der Waals surface area contributed by atoms with Crippen molar-refractivity contribution in [2.24, 2.45) is 0 Å². The van der Waals surface area contributed by atoms with Crippen molar-refractivity contribution >= 4 is 12.0 Å². The highest BCUT2D eigenvalue weighted by atomic mass is 16.5. The summed E-state index contributed by atoms with van der Waals surface area (Å²) in [5, 5.41) is 2.99. The summed E-state index contributed by atoms with van der Waals surface area (Å²) in [5.41, 5.74) is 3.22. The van der Waals surface area contributed by atoms with E-state index in [1.807, 2.05) is 43.3 Å². The van der Waals surface area contributed by atoms with Gasteiger partial charge in [0.25, 0.3) is 0 Å². The van der Waals surface area contributed by atoms with Crippen LogP contribution in [-0.2, 0) is 11.2 Å². The van der Waals surface area contributed by atoms with Gasteiger partial charge in [0, 0.05) is 12.5 Å². The van der Waals surface area contributed by atoms with Crippen LogP contribution in [0, 0.1) is 0 Å². The van der Waals surface area contributed by atoms with Gasteiger partial charge in [-0.2, -0.15) is 0 Å². The van der Waals surface area contributed by atoms with E-state index in [0.717, 1.165) is 35.7 Å². The maximum absolute atomic E-state index is 12.1. The minimum atomic E-state index is -0.123. The first kappa shape index (κ1) is 16.1. The predicted molar refractivity (Wildman–Crippen MR) is 94.2 cm³/mol. The van der Waals surface area contributed by atoms with Gasteiger partial charge in [0.05, 0.1) is 19.8 Å². The lowest BCUT2D eigenvalue weighted by atomic mass is 10.0. The minimum Gasteiger partial charge on any atom is -0.497 e. The van der Waals surface area contributed by atoms with Gasteiger partial charge in [-0.05, 0) is 54.0 Å². The molecule has 4 nitrogen and oxygen atoms in total. The molecule has 0 aromatic heterocycles. The number of benzene rings is 2. The Morgan fingerprint density at radius 1 is 1.29 bits per heavy atom. The molecule has 24 heavy (non-hydrogen) atoms.